The van der Waals surface area contributed by atoms with Crippen molar-refractivity contribution in [1.29, 1.82) is 0 Å². The van der Waals surface area contributed by atoms with Crippen LogP contribution in [-0.4, -0.2) is 54.1 Å². The molecule has 2 fully saturated rings. The number of halogens is 1. The van der Waals surface area contributed by atoms with Crippen LogP contribution in [0.2, 0.25) is 0 Å². The number of phenols is 1. The van der Waals surface area contributed by atoms with Gasteiger partial charge in [-0.3, -0.25) is 4.79 Å². The molecule has 1 aromatic heterocycles. The van der Waals surface area contributed by atoms with Crippen LogP contribution in [0.1, 0.15) is 12.8 Å². The average Bonchev–Trinajstić information content (AvgIpc) is 3.22. The minimum absolute atomic E-state index is 0.0240. The van der Waals surface area contributed by atoms with Gasteiger partial charge in [0.2, 0.25) is 11.8 Å². The second-order valence-electron chi connectivity index (χ2n) is 6.59. The van der Waals surface area contributed by atoms with Crippen molar-refractivity contribution in [3.8, 4) is 11.6 Å². The lowest BCUT2D eigenvalue weighted by Crippen LogP contribution is -2.30. The van der Waals surface area contributed by atoms with Gasteiger partial charge in [0.15, 0.2) is 5.82 Å². The fourth-order valence-corrected chi connectivity index (χ4v) is 4.44. The maximum atomic E-state index is 14.6. The number of rotatable bonds is 4. The monoisotopic (exact) mass is 424 g/mol. The predicted molar refractivity (Wildman–Crippen MR) is 101 cm³/mol. The fourth-order valence-electron chi connectivity index (χ4n) is 3.26. The number of anilines is 4. The van der Waals surface area contributed by atoms with Crippen molar-refractivity contribution < 1.29 is 27.8 Å². The van der Waals surface area contributed by atoms with Crippen LogP contribution < -0.4 is 19.2 Å². The van der Waals surface area contributed by atoms with E-state index in [1.54, 1.807) is 4.72 Å². The number of aromatic hydroxyl groups is 2. The van der Waals surface area contributed by atoms with E-state index in [4.69, 9.17) is 0 Å². The van der Waals surface area contributed by atoms with Crippen LogP contribution in [0.15, 0.2) is 18.2 Å². The molecule has 0 aliphatic carbocycles. The smallest absolute Gasteiger partial charge is 0.326 e. The summed E-state index contributed by atoms with van der Waals surface area (Å²) in [7, 11) is -4.28. The Hall–Kier alpha value is -3.35. The van der Waals surface area contributed by atoms with Crippen molar-refractivity contribution in [3.63, 3.8) is 0 Å². The minimum Gasteiger partial charge on any atom is -0.506 e. The molecule has 1 aromatic carbocycles. The van der Waals surface area contributed by atoms with Gasteiger partial charge in [0.05, 0.1) is 0 Å². The van der Waals surface area contributed by atoms with Gasteiger partial charge in [-0.2, -0.15) is 18.4 Å². The van der Waals surface area contributed by atoms with Gasteiger partial charge in [-0.25, -0.2) is 13.4 Å². The van der Waals surface area contributed by atoms with E-state index in [-0.39, 0.29) is 17.5 Å². The first-order valence-electron chi connectivity index (χ1n) is 8.69. The van der Waals surface area contributed by atoms with Gasteiger partial charge in [-0.15, -0.1) is 0 Å². The van der Waals surface area contributed by atoms with E-state index in [9.17, 15) is 27.8 Å². The highest BCUT2D eigenvalue weighted by Crippen LogP contribution is 2.36. The van der Waals surface area contributed by atoms with Gasteiger partial charge < -0.3 is 20.4 Å². The average molecular weight is 424 g/mol. The quantitative estimate of drug-likeness (QED) is 0.552. The maximum Gasteiger partial charge on any atom is 0.326 e. The van der Waals surface area contributed by atoms with E-state index in [0.29, 0.717) is 10.1 Å². The minimum atomic E-state index is -4.28. The summed E-state index contributed by atoms with van der Waals surface area (Å²) in [4.78, 5) is 21.4. The Bertz CT molecular complexity index is 1070. The number of nitrogens with one attached hydrogen (secondary N) is 2. The van der Waals surface area contributed by atoms with Crippen LogP contribution in [0.4, 0.5) is 27.5 Å². The lowest BCUT2D eigenvalue weighted by Gasteiger charge is -2.19. The Labute approximate surface area is 165 Å². The molecule has 3 heterocycles. The highest BCUT2D eigenvalue weighted by atomic mass is 32.2. The molecule has 0 saturated carbocycles. The van der Waals surface area contributed by atoms with Crippen LogP contribution in [0.3, 0.4) is 0 Å². The van der Waals surface area contributed by atoms with Crippen molar-refractivity contribution in [2.24, 2.45) is 0 Å². The summed E-state index contributed by atoms with van der Waals surface area (Å²) in [6, 6.07) is 3.41. The first-order valence-corrected chi connectivity index (χ1v) is 10.1. The number of nitrogens with zero attached hydrogens (tertiary/aromatic N) is 4. The number of carbonyl (C=O) groups excluding carboxylic acids is 1. The number of phenolic OH excluding ortho intramolecular Hbond substituents is 1. The summed E-state index contributed by atoms with van der Waals surface area (Å²) in [5.74, 6) is -2.41. The van der Waals surface area contributed by atoms with Crippen LogP contribution in [-0.2, 0) is 15.0 Å². The molecule has 2 aromatic rings. The van der Waals surface area contributed by atoms with Gasteiger partial charge >= 0.3 is 10.2 Å². The normalized spacial score (nSPS) is 18.2. The largest absolute Gasteiger partial charge is 0.506 e. The number of aromatic nitrogens is 2. The van der Waals surface area contributed by atoms with E-state index in [0.717, 1.165) is 38.1 Å². The summed E-state index contributed by atoms with van der Waals surface area (Å²) in [6.45, 7) is 0.933. The Morgan fingerprint density at radius 2 is 1.86 bits per heavy atom. The van der Waals surface area contributed by atoms with Crippen molar-refractivity contribution in [3.05, 3.63) is 24.0 Å². The maximum absolute atomic E-state index is 14.6. The zero-order valence-electron chi connectivity index (χ0n) is 15.0. The highest BCUT2D eigenvalue weighted by Gasteiger charge is 2.37. The van der Waals surface area contributed by atoms with E-state index >= 15 is 0 Å². The molecule has 11 nitrogen and oxygen atoms in total. The Morgan fingerprint density at radius 1 is 1.14 bits per heavy atom. The van der Waals surface area contributed by atoms with E-state index < -0.39 is 39.9 Å². The Kier molecular flexibility index (Phi) is 4.53. The second kappa shape index (κ2) is 6.92. The van der Waals surface area contributed by atoms with Crippen LogP contribution in [0.25, 0.3) is 0 Å². The molecule has 2 aliphatic heterocycles. The summed E-state index contributed by atoms with van der Waals surface area (Å²) in [5.41, 5.74) is -0.624. The van der Waals surface area contributed by atoms with Crippen LogP contribution >= 0.6 is 0 Å². The summed E-state index contributed by atoms with van der Waals surface area (Å²) in [6.07, 6.45) is 2.01. The topological polar surface area (TPSA) is 148 Å². The molecule has 29 heavy (non-hydrogen) atoms. The second-order valence-corrected chi connectivity index (χ2v) is 8.18. The van der Waals surface area contributed by atoms with Crippen molar-refractivity contribution in [2.45, 2.75) is 12.8 Å². The van der Waals surface area contributed by atoms with Gasteiger partial charge in [0.25, 0.3) is 5.91 Å². The number of hydrogen-bond acceptors (Lipinski definition) is 9. The van der Waals surface area contributed by atoms with Gasteiger partial charge in [0.1, 0.15) is 23.8 Å². The standard InChI is InChI=1S/C16H17FN6O5S/c17-10-5-9(6-11(24)15(10)23-8-14(26)21-29(23,27)28)18-16-19-12(7-13(25)20-16)22-3-1-2-4-22/h5-7,24H,1-4,8H2,(H,21,26)(H2,18,19,20,25). The molecule has 13 heteroatoms. The van der Waals surface area contributed by atoms with Crippen molar-refractivity contribution in [1.82, 2.24) is 14.7 Å². The number of hydrogen-bond donors (Lipinski definition) is 4. The molecular formula is C16H17FN6O5S. The molecule has 0 radical (unpaired) electrons. The van der Waals surface area contributed by atoms with Crippen LogP contribution in [0, 0.1) is 5.82 Å². The third-order valence-electron chi connectivity index (χ3n) is 4.50. The third-order valence-corrected chi connectivity index (χ3v) is 5.88. The SMILES string of the molecule is O=C1CN(c2c(O)cc(Nc3nc(O)cc(N4CCCC4)n3)cc2F)S(=O)(=O)N1. The lowest BCUT2D eigenvalue weighted by atomic mass is 10.2. The number of carbonyl (C=O) groups is 1. The number of benzene rings is 1. The first kappa shape index (κ1) is 19.0. The molecule has 0 bridgehead atoms. The van der Waals surface area contributed by atoms with Crippen molar-refractivity contribution in [2.75, 3.05) is 34.2 Å². The molecular weight excluding hydrogens is 407 g/mol. The van der Waals surface area contributed by atoms with E-state index in [2.05, 4.69) is 15.3 Å². The molecule has 2 saturated heterocycles. The molecule has 2 aliphatic rings. The molecule has 1 amide bonds. The lowest BCUT2D eigenvalue weighted by molar-refractivity contribution is -0.117. The van der Waals surface area contributed by atoms with Crippen LogP contribution in [0.5, 0.6) is 11.6 Å². The van der Waals surface area contributed by atoms with Gasteiger partial charge in [-0.05, 0) is 18.9 Å². The third kappa shape index (κ3) is 3.68. The molecule has 0 spiro atoms. The van der Waals surface area contributed by atoms with Gasteiger partial charge in [0, 0.05) is 30.9 Å². The molecule has 154 valence electrons. The predicted octanol–water partition coefficient (Wildman–Crippen LogP) is 0.552. The Balaban J connectivity index is 1.63. The zero-order valence-corrected chi connectivity index (χ0v) is 15.8. The number of amides is 1. The molecule has 4 N–H and O–H groups in total. The summed E-state index contributed by atoms with van der Waals surface area (Å²) in [5, 5.41) is 22.7. The molecule has 0 unspecified atom stereocenters. The van der Waals surface area contributed by atoms with E-state index in [1.165, 1.54) is 6.07 Å². The fraction of sp³-hybridized carbons (Fsp3) is 0.312. The van der Waals surface area contributed by atoms with Gasteiger partial charge in [-0.1, -0.05) is 0 Å². The van der Waals surface area contributed by atoms with Crippen molar-refractivity contribution >= 4 is 39.3 Å². The Morgan fingerprint density at radius 3 is 2.48 bits per heavy atom. The molecule has 4 rings (SSSR count). The summed E-state index contributed by atoms with van der Waals surface area (Å²) < 4.78 is 40.5. The highest BCUT2D eigenvalue weighted by molar-refractivity contribution is 7.92. The summed E-state index contributed by atoms with van der Waals surface area (Å²) >= 11 is 0. The van der Waals surface area contributed by atoms with E-state index in [1.807, 2.05) is 4.90 Å². The zero-order chi connectivity index (χ0) is 20.8. The molecule has 0 atom stereocenters. The first-order chi connectivity index (χ1) is 13.7.